The summed E-state index contributed by atoms with van der Waals surface area (Å²) in [6.45, 7) is 4.86. The van der Waals surface area contributed by atoms with Gasteiger partial charge in [0.15, 0.2) is 0 Å². The van der Waals surface area contributed by atoms with Gasteiger partial charge in [-0.1, -0.05) is 13.8 Å². The van der Waals surface area contributed by atoms with Crippen LogP contribution in [-0.2, 0) is 17.8 Å². The summed E-state index contributed by atoms with van der Waals surface area (Å²) in [5.74, 6) is -0.574. The number of thiophene rings is 1. The number of benzene rings is 1. The summed E-state index contributed by atoms with van der Waals surface area (Å²) in [5, 5.41) is 13.2. The Bertz CT molecular complexity index is 1150. The first-order valence-electron chi connectivity index (χ1n) is 10.2. The Labute approximate surface area is 184 Å². The van der Waals surface area contributed by atoms with Gasteiger partial charge < -0.3 is 15.5 Å². The van der Waals surface area contributed by atoms with Crippen LogP contribution in [0.4, 0.5) is 0 Å². The van der Waals surface area contributed by atoms with Gasteiger partial charge in [0.05, 0.1) is 16.6 Å². The molecule has 3 aromatic rings. The van der Waals surface area contributed by atoms with E-state index >= 15 is 0 Å². The van der Waals surface area contributed by atoms with E-state index in [0.717, 1.165) is 21.3 Å². The van der Waals surface area contributed by atoms with Crippen molar-refractivity contribution in [1.82, 2.24) is 25.7 Å². The zero-order valence-corrected chi connectivity index (χ0v) is 18.5. The normalized spacial score (nSPS) is 14.4. The van der Waals surface area contributed by atoms with Crippen LogP contribution >= 0.6 is 11.3 Å². The van der Waals surface area contributed by atoms with E-state index < -0.39 is 6.04 Å². The molecule has 3 N–H and O–H groups in total. The molecule has 1 aromatic carbocycles. The fraction of sp³-hybridized carbons (Fsp3) is 0.364. The van der Waals surface area contributed by atoms with Crippen LogP contribution in [0.2, 0.25) is 0 Å². The molecule has 4 rings (SSSR count). The van der Waals surface area contributed by atoms with Gasteiger partial charge in [-0.15, -0.1) is 11.3 Å². The fourth-order valence-corrected chi connectivity index (χ4v) is 4.88. The smallest absolute Gasteiger partial charge is 0.261 e. The molecule has 0 fully saturated rings. The average molecular weight is 440 g/mol. The van der Waals surface area contributed by atoms with Crippen molar-refractivity contribution in [2.24, 2.45) is 5.92 Å². The molecule has 8 nitrogen and oxygen atoms in total. The van der Waals surface area contributed by atoms with Gasteiger partial charge >= 0.3 is 0 Å². The van der Waals surface area contributed by atoms with Crippen molar-refractivity contribution >= 4 is 40.0 Å². The quantitative estimate of drug-likeness (QED) is 0.567. The fourth-order valence-electron chi connectivity index (χ4n) is 3.78. The molecule has 2 aromatic heterocycles. The number of hydrogen-bond acceptors (Lipinski definition) is 5. The van der Waals surface area contributed by atoms with Crippen molar-refractivity contribution in [3.63, 3.8) is 0 Å². The Morgan fingerprint density at radius 3 is 2.74 bits per heavy atom. The molecular weight excluding hydrogens is 414 g/mol. The third-order valence-corrected chi connectivity index (χ3v) is 6.79. The maximum atomic E-state index is 13.3. The van der Waals surface area contributed by atoms with Crippen molar-refractivity contribution in [1.29, 1.82) is 0 Å². The van der Waals surface area contributed by atoms with Gasteiger partial charge in [0.1, 0.15) is 6.04 Å². The maximum absolute atomic E-state index is 13.3. The number of nitrogens with one attached hydrogen (secondary N) is 3. The molecule has 162 valence electrons. The minimum atomic E-state index is -0.633. The Balaban J connectivity index is 1.49. The zero-order chi connectivity index (χ0) is 22.1. The molecule has 3 amide bonds. The molecule has 0 unspecified atom stereocenters. The number of nitrogens with zero attached hydrogens (tertiary/aromatic N) is 2. The van der Waals surface area contributed by atoms with E-state index in [1.54, 1.807) is 36.3 Å². The lowest BCUT2D eigenvalue weighted by atomic mass is 10.00. The third kappa shape index (κ3) is 4.18. The van der Waals surface area contributed by atoms with E-state index in [4.69, 9.17) is 0 Å². The van der Waals surface area contributed by atoms with Crippen LogP contribution in [0.5, 0.6) is 0 Å². The number of amides is 3. The molecule has 0 saturated carbocycles. The predicted molar refractivity (Wildman–Crippen MR) is 119 cm³/mol. The first-order chi connectivity index (χ1) is 14.9. The van der Waals surface area contributed by atoms with E-state index in [9.17, 15) is 14.4 Å². The Morgan fingerprint density at radius 2 is 2.00 bits per heavy atom. The van der Waals surface area contributed by atoms with Gasteiger partial charge in [0, 0.05) is 36.0 Å². The van der Waals surface area contributed by atoms with Crippen LogP contribution < -0.4 is 10.6 Å². The van der Waals surface area contributed by atoms with Crippen LogP contribution in [0, 0.1) is 5.92 Å². The molecule has 1 aliphatic rings. The topological polar surface area (TPSA) is 107 Å². The maximum Gasteiger partial charge on any atom is 0.261 e. The molecule has 1 aliphatic heterocycles. The van der Waals surface area contributed by atoms with Crippen molar-refractivity contribution in [3.8, 4) is 0 Å². The molecule has 31 heavy (non-hydrogen) atoms. The van der Waals surface area contributed by atoms with Gasteiger partial charge in [0.25, 0.3) is 11.8 Å². The number of aromatic amines is 1. The van der Waals surface area contributed by atoms with Crippen LogP contribution in [0.15, 0.2) is 30.5 Å². The standard InChI is InChI=1S/C22H25N5O3S/c1-12(2)19(25-20(28)13-4-5-16-14(8-13)10-24-26-16)22(30)27-7-6-17-15(11-27)9-18(31-17)21(29)23-3/h4-5,8-10,12,19H,6-7,11H2,1-3H3,(H,23,29)(H,24,26)(H,25,28)/t19-/m1/s1. The SMILES string of the molecule is CNC(=O)c1cc2c(s1)CCN(C(=O)[C@H](NC(=O)c1ccc3[nH]ncc3c1)C(C)C)C2. The summed E-state index contributed by atoms with van der Waals surface area (Å²) >= 11 is 1.48. The lowest BCUT2D eigenvalue weighted by Gasteiger charge is -2.32. The van der Waals surface area contributed by atoms with Gasteiger partial charge in [0.2, 0.25) is 5.91 Å². The molecule has 9 heteroatoms. The molecule has 1 atom stereocenters. The number of aromatic nitrogens is 2. The zero-order valence-electron chi connectivity index (χ0n) is 17.7. The molecular formula is C22H25N5O3S. The van der Waals surface area contributed by atoms with Crippen molar-refractivity contribution in [3.05, 3.63) is 51.3 Å². The molecule has 0 bridgehead atoms. The van der Waals surface area contributed by atoms with Gasteiger partial charge in [-0.05, 0) is 42.2 Å². The first-order valence-corrected chi connectivity index (χ1v) is 11.1. The van der Waals surface area contributed by atoms with Gasteiger partial charge in [-0.3, -0.25) is 19.5 Å². The molecule has 0 saturated heterocycles. The number of carbonyl (C=O) groups is 3. The van der Waals surface area contributed by atoms with E-state index in [1.165, 1.54) is 11.3 Å². The lowest BCUT2D eigenvalue weighted by molar-refractivity contribution is -0.135. The molecule has 0 spiro atoms. The van der Waals surface area contributed by atoms with Gasteiger partial charge in [-0.25, -0.2) is 0 Å². The highest BCUT2D eigenvalue weighted by Crippen LogP contribution is 2.29. The lowest BCUT2D eigenvalue weighted by Crippen LogP contribution is -2.52. The second-order valence-corrected chi connectivity index (χ2v) is 9.15. The summed E-state index contributed by atoms with van der Waals surface area (Å²) in [4.78, 5) is 41.7. The van der Waals surface area contributed by atoms with E-state index in [-0.39, 0.29) is 23.6 Å². The number of rotatable bonds is 5. The van der Waals surface area contributed by atoms with Crippen LogP contribution in [0.25, 0.3) is 10.9 Å². The first kappa shape index (κ1) is 21.0. The number of carbonyl (C=O) groups excluding carboxylic acids is 3. The third-order valence-electron chi connectivity index (χ3n) is 5.55. The van der Waals surface area contributed by atoms with E-state index in [0.29, 0.717) is 30.0 Å². The van der Waals surface area contributed by atoms with Crippen molar-refractivity contribution < 1.29 is 14.4 Å². The van der Waals surface area contributed by atoms with Crippen LogP contribution in [-0.4, -0.2) is 52.5 Å². The average Bonchev–Trinajstić information content (AvgIpc) is 3.41. The minimum Gasteiger partial charge on any atom is -0.354 e. The van der Waals surface area contributed by atoms with E-state index in [1.807, 2.05) is 19.9 Å². The summed E-state index contributed by atoms with van der Waals surface area (Å²) in [6.07, 6.45) is 2.37. The van der Waals surface area contributed by atoms with Gasteiger partial charge in [-0.2, -0.15) is 5.10 Å². The van der Waals surface area contributed by atoms with Crippen LogP contribution in [0.3, 0.4) is 0 Å². The summed E-state index contributed by atoms with van der Waals surface area (Å²) in [5.41, 5.74) is 2.34. The van der Waals surface area contributed by atoms with Crippen molar-refractivity contribution in [2.75, 3.05) is 13.6 Å². The second-order valence-electron chi connectivity index (χ2n) is 8.02. The van der Waals surface area contributed by atoms with Crippen molar-refractivity contribution in [2.45, 2.75) is 32.9 Å². The highest BCUT2D eigenvalue weighted by molar-refractivity contribution is 7.14. The second kappa shape index (κ2) is 8.50. The predicted octanol–water partition coefficient (Wildman–Crippen LogP) is 2.32. The summed E-state index contributed by atoms with van der Waals surface area (Å²) in [6, 6.07) is 6.51. The number of H-pyrrole nitrogens is 1. The molecule has 3 heterocycles. The summed E-state index contributed by atoms with van der Waals surface area (Å²) in [7, 11) is 1.61. The number of fused-ring (bicyclic) bond motifs is 2. The minimum absolute atomic E-state index is 0.0700. The highest BCUT2D eigenvalue weighted by Gasteiger charge is 2.32. The highest BCUT2D eigenvalue weighted by atomic mass is 32.1. The van der Waals surface area contributed by atoms with Crippen LogP contribution in [0.1, 0.15) is 44.3 Å². The molecule has 0 aliphatic carbocycles. The molecule has 0 radical (unpaired) electrons. The Hall–Kier alpha value is -3.20. The largest absolute Gasteiger partial charge is 0.354 e. The number of hydrogen-bond donors (Lipinski definition) is 3. The Morgan fingerprint density at radius 1 is 1.19 bits per heavy atom. The van der Waals surface area contributed by atoms with E-state index in [2.05, 4.69) is 20.8 Å². The summed E-state index contributed by atoms with van der Waals surface area (Å²) < 4.78 is 0. The Kier molecular flexibility index (Phi) is 5.77. The monoisotopic (exact) mass is 439 g/mol.